The van der Waals surface area contributed by atoms with Gasteiger partial charge < -0.3 is 9.26 Å². The van der Waals surface area contributed by atoms with Gasteiger partial charge in [-0.15, -0.1) is 0 Å². The van der Waals surface area contributed by atoms with Gasteiger partial charge in [0.05, 0.1) is 6.42 Å². The van der Waals surface area contributed by atoms with Gasteiger partial charge in [0.25, 0.3) is 0 Å². The highest BCUT2D eigenvalue weighted by Crippen LogP contribution is 2.16. The molecule has 6 heteroatoms. The molecular formula is C12H11FN2O3. The van der Waals surface area contributed by atoms with Crippen molar-refractivity contribution in [3.8, 4) is 11.4 Å². The summed E-state index contributed by atoms with van der Waals surface area (Å²) in [5.74, 6) is 0.0659. The summed E-state index contributed by atoms with van der Waals surface area (Å²) in [6.45, 7) is 0.00820. The first-order valence-electron chi connectivity index (χ1n) is 5.28. The first-order valence-corrected chi connectivity index (χ1v) is 5.28. The van der Waals surface area contributed by atoms with Gasteiger partial charge in [-0.25, -0.2) is 4.39 Å². The maximum Gasteiger partial charge on any atom is 0.234 e. The highest BCUT2D eigenvalue weighted by molar-refractivity contribution is 5.81. The molecule has 0 amide bonds. The van der Waals surface area contributed by atoms with Crippen molar-refractivity contribution < 1.29 is 18.4 Å². The molecule has 0 spiro atoms. The summed E-state index contributed by atoms with van der Waals surface area (Å²) < 4.78 is 22.4. The smallest absolute Gasteiger partial charge is 0.234 e. The van der Waals surface area contributed by atoms with Crippen LogP contribution >= 0.6 is 0 Å². The Hall–Kier alpha value is -2.08. The minimum absolute atomic E-state index is 0.00820. The number of halogens is 1. The van der Waals surface area contributed by atoms with E-state index < -0.39 is 0 Å². The van der Waals surface area contributed by atoms with E-state index in [4.69, 9.17) is 9.26 Å². The zero-order chi connectivity index (χ0) is 13.0. The molecule has 0 aliphatic carbocycles. The van der Waals surface area contributed by atoms with Gasteiger partial charge in [0.2, 0.25) is 11.7 Å². The highest BCUT2D eigenvalue weighted by Gasteiger charge is 2.12. The van der Waals surface area contributed by atoms with E-state index in [0.717, 1.165) is 0 Å². The van der Waals surface area contributed by atoms with Gasteiger partial charge in [-0.2, -0.15) is 4.98 Å². The summed E-state index contributed by atoms with van der Waals surface area (Å²) >= 11 is 0. The second-order valence-electron chi connectivity index (χ2n) is 3.67. The SMILES string of the molecule is COCC(=O)Cc1nc(-c2ccc(F)cc2)no1. The molecule has 0 aliphatic heterocycles. The van der Waals surface area contributed by atoms with Gasteiger partial charge >= 0.3 is 0 Å². The molecule has 0 atom stereocenters. The number of ketones is 1. The van der Waals surface area contributed by atoms with Crippen molar-refractivity contribution in [3.63, 3.8) is 0 Å². The summed E-state index contributed by atoms with van der Waals surface area (Å²) in [6.07, 6.45) is 0.0298. The van der Waals surface area contributed by atoms with E-state index in [-0.39, 0.29) is 30.5 Å². The summed E-state index contributed by atoms with van der Waals surface area (Å²) in [7, 11) is 1.44. The molecule has 18 heavy (non-hydrogen) atoms. The molecule has 1 heterocycles. The van der Waals surface area contributed by atoms with E-state index in [1.165, 1.54) is 19.2 Å². The number of carbonyl (C=O) groups is 1. The average Bonchev–Trinajstić information content (AvgIpc) is 2.78. The van der Waals surface area contributed by atoms with Gasteiger partial charge in [0.15, 0.2) is 5.78 Å². The van der Waals surface area contributed by atoms with Crippen molar-refractivity contribution in [3.05, 3.63) is 36.0 Å². The minimum atomic E-state index is -0.335. The third kappa shape index (κ3) is 2.98. The van der Waals surface area contributed by atoms with Gasteiger partial charge in [0, 0.05) is 12.7 Å². The largest absolute Gasteiger partial charge is 0.377 e. The van der Waals surface area contributed by atoms with Gasteiger partial charge in [0.1, 0.15) is 12.4 Å². The van der Waals surface area contributed by atoms with Crippen LogP contribution in [0.2, 0.25) is 0 Å². The van der Waals surface area contributed by atoms with Crippen LogP contribution < -0.4 is 0 Å². The summed E-state index contributed by atoms with van der Waals surface area (Å²) in [5, 5.41) is 3.73. The van der Waals surface area contributed by atoms with Crippen molar-refractivity contribution in [2.24, 2.45) is 0 Å². The first kappa shape index (κ1) is 12.4. The fraction of sp³-hybridized carbons (Fsp3) is 0.250. The molecular weight excluding hydrogens is 239 g/mol. The third-order valence-electron chi connectivity index (χ3n) is 2.22. The molecule has 0 N–H and O–H groups in total. The Morgan fingerprint density at radius 2 is 2.11 bits per heavy atom. The van der Waals surface area contributed by atoms with Crippen molar-refractivity contribution in [1.82, 2.24) is 10.1 Å². The molecule has 0 aliphatic rings. The average molecular weight is 250 g/mol. The number of ether oxygens (including phenoxy) is 1. The normalized spacial score (nSPS) is 10.6. The monoisotopic (exact) mass is 250 g/mol. The highest BCUT2D eigenvalue weighted by atomic mass is 19.1. The standard InChI is InChI=1S/C12H11FN2O3/c1-17-7-10(16)6-11-14-12(15-18-11)8-2-4-9(13)5-3-8/h2-5H,6-7H2,1H3. The molecule has 0 radical (unpaired) electrons. The van der Waals surface area contributed by atoms with Crippen LogP contribution in [0.5, 0.6) is 0 Å². The maximum atomic E-state index is 12.7. The van der Waals surface area contributed by atoms with E-state index in [9.17, 15) is 9.18 Å². The Labute approximate surface area is 103 Å². The van der Waals surface area contributed by atoms with E-state index in [0.29, 0.717) is 11.4 Å². The molecule has 2 rings (SSSR count). The first-order chi connectivity index (χ1) is 8.69. The molecule has 1 aromatic heterocycles. The molecule has 94 valence electrons. The van der Waals surface area contributed by atoms with Crippen LogP contribution in [0.1, 0.15) is 5.89 Å². The van der Waals surface area contributed by atoms with Crippen LogP contribution in [0, 0.1) is 5.82 Å². The van der Waals surface area contributed by atoms with E-state index in [1.807, 2.05) is 0 Å². The summed E-state index contributed by atoms with van der Waals surface area (Å²) in [5.41, 5.74) is 0.630. The lowest BCUT2D eigenvalue weighted by molar-refractivity contribution is -0.122. The van der Waals surface area contributed by atoms with E-state index in [1.54, 1.807) is 12.1 Å². The van der Waals surface area contributed by atoms with Crippen LogP contribution in [0.4, 0.5) is 4.39 Å². The lowest BCUT2D eigenvalue weighted by atomic mass is 10.2. The molecule has 0 saturated heterocycles. The number of rotatable bonds is 5. The van der Waals surface area contributed by atoms with Gasteiger partial charge in [-0.1, -0.05) is 5.16 Å². The Bertz CT molecular complexity index is 537. The Morgan fingerprint density at radius 1 is 1.39 bits per heavy atom. The van der Waals surface area contributed by atoms with Crippen LogP contribution in [-0.4, -0.2) is 29.6 Å². The molecule has 0 fully saturated rings. The number of hydrogen-bond acceptors (Lipinski definition) is 5. The predicted octanol–water partition coefficient (Wildman–Crippen LogP) is 1.63. The second-order valence-corrected chi connectivity index (χ2v) is 3.67. The lowest BCUT2D eigenvalue weighted by Crippen LogP contribution is -2.09. The fourth-order valence-corrected chi connectivity index (χ4v) is 1.42. The van der Waals surface area contributed by atoms with Crippen molar-refractivity contribution in [2.75, 3.05) is 13.7 Å². The summed E-state index contributed by atoms with van der Waals surface area (Å²) in [6, 6.07) is 5.70. The van der Waals surface area contributed by atoms with Crippen molar-refractivity contribution in [2.45, 2.75) is 6.42 Å². The fourth-order valence-electron chi connectivity index (χ4n) is 1.42. The third-order valence-corrected chi connectivity index (χ3v) is 2.22. The van der Waals surface area contributed by atoms with Crippen LogP contribution in [0.15, 0.2) is 28.8 Å². The quantitative estimate of drug-likeness (QED) is 0.807. The molecule has 0 bridgehead atoms. The zero-order valence-corrected chi connectivity index (χ0v) is 9.72. The number of carbonyl (C=O) groups excluding carboxylic acids is 1. The zero-order valence-electron chi connectivity index (χ0n) is 9.72. The van der Waals surface area contributed by atoms with E-state index in [2.05, 4.69) is 10.1 Å². The maximum absolute atomic E-state index is 12.7. The van der Waals surface area contributed by atoms with Crippen LogP contribution in [0.25, 0.3) is 11.4 Å². The Balaban J connectivity index is 2.10. The number of nitrogens with zero attached hydrogens (tertiary/aromatic N) is 2. The topological polar surface area (TPSA) is 65.2 Å². The lowest BCUT2D eigenvalue weighted by Gasteiger charge is -1.94. The predicted molar refractivity (Wildman–Crippen MR) is 60.3 cm³/mol. The molecule has 5 nitrogen and oxygen atoms in total. The van der Waals surface area contributed by atoms with Crippen LogP contribution in [0.3, 0.4) is 0 Å². The second kappa shape index (κ2) is 5.50. The van der Waals surface area contributed by atoms with Gasteiger partial charge in [-0.05, 0) is 24.3 Å². The van der Waals surface area contributed by atoms with Crippen molar-refractivity contribution >= 4 is 5.78 Å². The molecule has 1 aromatic carbocycles. The van der Waals surface area contributed by atoms with Crippen LogP contribution in [-0.2, 0) is 16.0 Å². The van der Waals surface area contributed by atoms with Crippen molar-refractivity contribution in [1.29, 1.82) is 0 Å². The number of Topliss-reactive ketones (excluding diaryl/α,β-unsaturated/α-hetero) is 1. The number of benzene rings is 1. The number of aromatic nitrogens is 2. The number of hydrogen-bond donors (Lipinski definition) is 0. The molecule has 2 aromatic rings. The number of methoxy groups -OCH3 is 1. The van der Waals surface area contributed by atoms with E-state index >= 15 is 0 Å². The molecule has 0 unspecified atom stereocenters. The minimum Gasteiger partial charge on any atom is -0.377 e. The Morgan fingerprint density at radius 3 is 2.78 bits per heavy atom. The molecule has 0 saturated carbocycles. The summed E-state index contributed by atoms with van der Waals surface area (Å²) in [4.78, 5) is 15.4. The Kier molecular flexibility index (Phi) is 3.78. The van der Waals surface area contributed by atoms with Gasteiger partial charge in [-0.3, -0.25) is 4.79 Å².